The molecule has 0 N–H and O–H groups in total. The average molecular weight is 225 g/mol. The maximum atomic E-state index is 12.5. The molecular formula is C11H12FNO3. The van der Waals surface area contributed by atoms with Gasteiger partial charge in [0.2, 0.25) is 6.08 Å². The van der Waals surface area contributed by atoms with Crippen LogP contribution in [-0.2, 0) is 9.53 Å². The van der Waals surface area contributed by atoms with E-state index in [0.717, 1.165) is 0 Å². The minimum Gasteiger partial charge on any atom is -0.491 e. The molecule has 1 aromatic carbocycles. The van der Waals surface area contributed by atoms with Gasteiger partial charge in [-0.1, -0.05) is 0 Å². The highest BCUT2D eigenvalue weighted by molar-refractivity contribution is 5.32. The van der Waals surface area contributed by atoms with Gasteiger partial charge in [-0.3, -0.25) is 0 Å². The highest BCUT2D eigenvalue weighted by Crippen LogP contribution is 2.10. The summed E-state index contributed by atoms with van der Waals surface area (Å²) in [6.45, 7) is 1.43. The summed E-state index contributed by atoms with van der Waals surface area (Å²) in [4.78, 5) is 13.0. The molecule has 0 bridgehead atoms. The van der Waals surface area contributed by atoms with Crippen LogP contribution in [0.1, 0.15) is 0 Å². The Hall–Kier alpha value is -1.71. The van der Waals surface area contributed by atoms with Crippen molar-refractivity contribution in [1.29, 1.82) is 0 Å². The Bertz CT molecular complexity index is 347. The summed E-state index contributed by atoms with van der Waals surface area (Å²) >= 11 is 0. The van der Waals surface area contributed by atoms with Crippen LogP contribution in [0.2, 0.25) is 0 Å². The van der Waals surface area contributed by atoms with E-state index >= 15 is 0 Å². The van der Waals surface area contributed by atoms with Gasteiger partial charge in [0, 0.05) is 0 Å². The van der Waals surface area contributed by atoms with Crippen molar-refractivity contribution in [2.75, 3.05) is 26.4 Å². The van der Waals surface area contributed by atoms with Gasteiger partial charge in [0.25, 0.3) is 0 Å². The number of carbonyl (C=O) groups excluding carboxylic acids is 1. The molecule has 0 aliphatic heterocycles. The molecule has 5 heteroatoms. The van der Waals surface area contributed by atoms with E-state index in [1.807, 2.05) is 0 Å². The molecule has 0 spiro atoms. The molecule has 86 valence electrons. The van der Waals surface area contributed by atoms with Crippen LogP contribution in [0.4, 0.5) is 4.39 Å². The predicted octanol–water partition coefficient (Wildman–Crippen LogP) is 1.56. The lowest BCUT2D eigenvalue weighted by Gasteiger charge is -2.05. The first-order valence-electron chi connectivity index (χ1n) is 4.82. The van der Waals surface area contributed by atoms with Crippen molar-refractivity contribution in [2.45, 2.75) is 0 Å². The molecule has 0 radical (unpaired) electrons. The SMILES string of the molecule is O=C=NCCOCCOc1ccc(F)cc1. The minimum absolute atomic E-state index is 0.296. The predicted molar refractivity (Wildman–Crippen MR) is 55.7 cm³/mol. The van der Waals surface area contributed by atoms with Gasteiger partial charge in [-0.25, -0.2) is 14.2 Å². The molecule has 0 fully saturated rings. The molecule has 0 aliphatic rings. The van der Waals surface area contributed by atoms with Crippen LogP contribution in [-0.4, -0.2) is 32.4 Å². The van der Waals surface area contributed by atoms with Gasteiger partial charge in [0.05, 0.1) is 19.8 Å². The van der Waals surface area contributed by atoms with Gasteiger partial charge in [-0.15, -0.1) is 0 Å². The van der Waals surface area contributed by atoms with E-state index in [9.17, 15) is 9.18 Å². The molecule has 4 nitrogen and oxygen atoms in total. The lowest BCUT2D eigenvalue weighted by molar-refractivity contribution is 0.106. The van der Waals surface area contributed by atoms with Crippen LogP contribution in [0.5, 0.6) is 5.75 Å². The number of ether oxygens (including phenoxy) is 2. The molecule has 0 saturated heterocycles. The Labute approximate surface area is 92.7 Å². The zero-order chi connectivity index (χ0) is 11.6. The van der Waals surface area contributed by atoms with E-state index in [0.29, 0.717) is 32.1 Å². The maximum absolute atomic E-state index is 12.5. The second kappa shape index (κ2) is 7.56. The summed E-state index contributed by atoms with van der Waals surface area (Å²) in [5.41, 5.74) is 0. The van der Waals surface area contributed by atoms with Crippen molar-refractivity contribution in [2.24, 2.45) is 4.99 Å². The van der Waals surface area contributed by atoms with Crippen molar-refractivity contribution in [3.63, 3.8) is 0 Å². The number of rotatable bonds is 7. The van der Waals surface area contributed by atoms with Crippen LogP contribution in [0, 0.1) is 5.82 Å². The minimum atomic E-state index is -0.296. The van der Waals surface area contributed by atoms with E-state index in [1.54, 1.807) is 12.1 Å². The topological polar surface area (TPSA) is 47.9 Å². The second-order valence-electron chi connectivity index (χ2n) is 2.89. The molecule has 0 saturated carbocycles. The van der Waals surface area contributed by atoms with E-state index in [2.05, 4.69) is 4.99 Å². The molecule has 0 atom stereocenters. The largest absolute Gasteiger partial charge is 0.491 e. The number of hydrogen-bond donors (Lipinski definition) is 0. The highest BCUT2D eigenvalue weighted by atomic mass is 19.1. The van der Waals surface area contributed by atoms with E-state index < -0.39 is 0 Å². The zero-order valence-corrected chi connectivity index (χ0v) is 8.69. The molecule has 0 aromatic heterocycles. The fourth-order valence-corrected chi connectivity index (χ4v) is 1.01. The van der Waals surface area contributed by atoms with Crippen molar-refractivity contribution >= 4 is 6.08 Å². The van der Waals surface area contributed by atoms with Crippen LogP contribution in [0.3, 0.4) is 0 Å². The van der Waals surface area contributed by atoms with E-state index in [-0.39, 0.29) is 5.82 Å². The third-order valence-electron chi connectivity index (χ3n) is 1.72. The molecule has 1 rings (SSSR count). The summed E-state index contributed by atoms with van der Waals surface area (Å²) in [6, 6.07) is 5.75. The summed E-state index contributed by atoms with van der Waals surface area (Å²) in [7, 11) is 0. The Morgan fingerprint density at radius 3 is 2.62 bits per heavy atom. The van der Waals surface area contributed by atoms with Crippen LogP contribution in [0.15, 0.2) is 29.3 Å². The zero-order valence-electron chi connectivity index (χ0n) is 8.69. The first-order chi connectivity index (χ1) is 7.83. The van der Waals surface area contributed by atoms with Crippen LogP contribution < -0.4 is 4.74 Å². The lowest BCUT2D eigenvalue weighted by Crippen LogP contribution is -2.08. The number of halogens is 1. The smallest absolute Gasteiger partial charge is 0.235 e. The molecule has 1 aromatic rings. The van der Waals surface area contributed by atoms with Crippen molar-refractivity contribution < 1.29 is 18.7 Å². The number of isocyanates is 1. The molecule has 16 heavy (non-hydrogen) atoms. The molecule has 0 unspecified atom stereocenters. The summed E-state index contributed by atoms with van der Waals surface area (Å²) in [5, 5.41) is 0. The maximum Gasteiger partial charge on any atom is 0.235 e. The number of aliphatic imine (C=N–C) groups is 1. The standard InChI is InChI=1S/C11H12FNO3/c12-10-1-3-11(4-2-10)16-8-7-15-6-5-13-9-14/h1-4H,5-8H2. The van der Waals surface area contributed by atoms with Gasteiger partial charge in [0.1, 0.15) is 18.2 Å². The molecule has 0 aliphatic carbocycles. The van der Waals surface area contributed by atoms with Gasteiger partial charge >= 0.3 is 0 Å². The summed E-state index contributed by atoms with van der Waals surface area (Å²) in [5.74, 6) is 0.297. The van der Waals surface area contributed by atoms with Gasteiger partial charge < -0.3 is 9.47 Å². The summed E-state index contributed by atoms with van der Waals surface area (Å²) < 4.78 is 22.9. The Balaban J connectivity index is 2.07. The lowest BCUT2D eigenvalue weighted by atomic mass is 10.3. The molecular weight excluding hydrogens is 213 g/mol. The summed E-state index contributed by atoms with van der Waals surface area (Å²) in [6.07, 6.45) is 1.42. The Kier molecular flexibility index (Phi) is 5.84. The number of benzene rings is 1. The van der Waals surface area contributed by atoms with Crippen molar-refractivity contribution in [3.05, 3.63) is 30.1 Å². The Morgan fingerprint density at radius 1 is 1.19 bits per heavy atom. The molecule has 0 heterocycles. The normalized spacial score (nSPS) is 9.56. The second-order valence-corrected chi connectivity index (χ2v) is 2.89. The van der Waals surface area contributed by atoms with Crippen molar-refractivity contribution in [3.8, 4) is 5.75 Å². The van der Waals surface area contributed by atoms with Gasteiger partial charge in [0.15, 0.2) is 0 Å². The fraction of sp³-hybridized carbons (Fsp3) is 0.364. The third kappa shape index (κ3) is 5.24. The monoisotopic (exact) mass is 225 g/mol. The Morgan fingerprint density at radius 2 is 1.94 bits per heavy atom. The highest BCUT2D eigenvalue weighted by Gasteiger charge is 1.94. The van der Waals surface area contributed by atoms with Crippen LogP contribution >= 0.6 is 0 Å². The first-order valence-corrected chi connectivity index (χ1v) is 4.82. The molecule has 0 amide bonds. The average Bonchev–Trinajstić information content (AvgIpc) is 2.30. The van der Waals surface area contributed by atoms with E-state index in [4.69, 9.17) is 9.47 Å². The quantitative estimate of drug-likeness (QED) is 0.402. The number of nitrogens with zero attached hydrogens (tertiary/aromatic N) is 1. The van der Waals surface area contributed by atoms with Crippen molar-refractivity contribution in [1.82, 2.24) is 0 Å². The third-order valence-corrected chi connectivity index (χ3v) is 1.72. The fourth-order valence-electron chi connectivity index (χ4n) is 1.01. The van der Waals surface area contributed by atoms with Gasteiger partial charge in [-0.05, 0) is 24.3 Å². The van der Waals surface area contributed by atoms with E-state index in [1.165, 1.54) is 18.2 Å². The first kappa shape index (κ1) is 12.4. The van der Waals surface area contributed by atoms with Gasteiger partial charge in [-0.2, -0.15) is 0 Å². The van der Waals surface area contributed by atoms with Crippen LogP contribution in [0.25, 0.3) is 0 Å². The number of hydrogen-bond acceptors (Lipinski definition) is 4.